The highest BCUT2D eigenvalue weighted by Crippen LogP contribution is 2.24. The fourth-order valence-corrected chi connectivity index (χ4v) is 2.85. The standard InChI is InChI=1S/C22H17N5/c23-13-19-11-12-20(15-25-19)24-14-18-16-27(21-9-5-2-6-10-21)26-22(18)17-7-3-1-4-8-17/h1-12,15-16,24H,14H2. The molecule has 0 spiro atoms. The Balaban J connectivity index is 1.65. The molecule has 0 saturated carbocycles. The molecule has 0 atom stereocenters. The van der Waals surface area contributed by atoms with Crippen molar-refractivity contribution in [1.82, 2.24) is 14.8 Å². The van der Waals surface area contributed by atoms with E-state index >= 15 is 0 Å². The average molecular weight is 351 g/mol. The molecule has 0 fully saturated rings. The van der Waals surface area contributed by atoms with Gasteiger partial charge in [-0.25, -0.2) is 9.67 Å². The summed E-state index contributed by atoms with van der Waals surface area (Å²) < 4.78 is 1.90. The fourth-order valence-electron chi connectivity index (χ4n) is 2.85. The largest absolute Gasteiger partial charge is 0.380 e. The first kappa shape index (κ1) is 16.6. The van der Waals surface area contributed by atoms with Gasteiger partial charge in [-0.05, 0) is 24.3 Å². The number of hydrogen-bond acceptors (Lipinski definition) is 4. The fraction of sp³-hybridized carbons (Fsp3) is 0.0455. The lowest BCUT2D eigenvalue weighted by Crippen LogP contribution is -2.00. The molecule has 27 heavy (non-hydrogen) atoms. The second kappa shape index (κ2) is 7.54. The molecule has 1 N–H and O–H groups in total. The Bertz CT molecular complexity index is 1060. The van der Waals surface area contributed by atoms with Crippen molar-refractivity contribution >= 4 is 5.69 Å². The minimum Gasteiger partial charge on any atom is -0.380 e. The summed E-state index contributed by atoms with van der Waals surface area (Å²) in [5.41, 5.74) is 5.37. The Kier molecular flexibility index (Phi) is 4.62. The van der Waals surface area contributed by atoms with E-state index in [0.29, 0.717) is 12.2 Å². The Labute approximate surface area is 157 Å². The number of para-hydroxylation sites is 1. The monoisotopic (exact) mass is 351 g/mol. The molecule has 4 rings (SSSR count). The zero-order chi connectivity index (χ0) is 18.5. The quantitative estimate of drug-likeness (QED) is 0.578. The number of pyridine rings is 1. The van der Waals surface area contributed by atoms with E-state index in [9.17, 15) is 0 Å². The zero-order valence-corrected chi connectivity index (χ0v) is 14.6. The lowest BCUT2D eigenvalue weighted by molar-refractivity contribution is 0.883. The third-order valence-corrected chi connectivity index (χ3v) is 4.22. The Morgan fingerprint density at radius 3 is 2.33 bits per heavy atom. The summed E-state index contributed by atoms with van der Waals surface area (Å²) in [6.45, 7) is 0.602. The summed E-state index contributed by atoms with van der Waals surface area (Å²) in [5.74, 6) is 0. The summed E-state index contributed by atoms with van der Waals surface area (Å²) >= 11 is 0. The number of nitrogens with one attached hydrogen (secondary N) is 1. The van der Waals surface area contributed by atoms with Gasteiger partial charge < -0.3 is 5.32 Å². The maximum absolute atomic E-state index is 8.87. The van der Waals surface area contributed by atoms with Crippen LogP contribution in [0.1, 0.15) is 11.3 Å². The van der Waals surface area contributed by atoms with Crippen LogP contribution in [0.4, 0.5) is 5.69 Å². The normalized spacial score (nSPS) is 10.3. The molecule has 0 amide bonds. The van der Waals surface area contributed by atoms with E-state index in [0.717, 1.165) is 28.2 Å². The van der Waals surface area contributed by atoms with Crippen molar-refractivity contribution in [2.45, 2.75) is 6.54 Å². The van der Waals surface area contributed by atoms with Gasteiger partial charge in [0.15, 0.2) is 0 Å². The summed E-state index contributed by atoms with van der Waals surface area (Å²) in [6.07, 6.45) is 3.71. The van der Waals surface area contributed by atoms with E-state index in [1.165, 1.54) is 0 Å². The van der Waals surface area contributed by atoms with Gasteiger partial charge in [-0.1, -0.05) is 48.5 Å². The number of nitrogens with zero attached hydrogens (tertiary/aromatic N) is 4. The van der Waals surface area contributed by atoms with Crippen LogP contribution >= 0.6 is 0 Å². The van der Waals surface area contributed by atoms with Gasteiger partial charge in [0.1, 0.15) is 11.8 Å². The van der Waals surface area contributed by atoms with E-state index < -0.39 is 0 Å². The number of anilines is 1. The Morgan fingerprint density at radius 2 is 1.67 bits per heavy atom. The van der Waals surface area contributed by atoms with E-state index in [2.05, 4.69) is 22.4 Å². The summed E-state index contributed by atoms with van der Waals surface area (Å²) in [7, 11) is 0. The molecule has 0 radical (unpaired) electrons. The summed E-state index contributed by atoms with van der Waals surface area (Å²) in [6, 6.07) is 25.8. The second-order valence-corrected chi connectivity index (χ2v) is 6.05. The zero-order valence-electron chi connectivity index (χ0n) is 14.6. The Morgan fingerprint density at radius 1 is 0.926 bits per heavy atom. The van der Waals surface area contributed by atoms with Crippen molar-refractivity contribution in [1.29, 1.82) is 5.26 Å². The molecular formula is C22H17N5. The molecule has 2 aromatic heterocycles. The molecule has 0 unspecified atom stereocenters. The van der Waals surface area contributed by atoms with Gasteiger partial charge in [-0.2, -0.15) is 10.4 Å². The second-order valence-electron chi connectivity index (χ2n) is 6.05. The summed E-state index contributed by atoms with van der Waals surface area (Å²) in [4.78, 5) is 4.10. The molecule has 2 aromatic carbocycles. The maximum atomic E-state index is 8.87. The smallest absolute Gasteiger partial charge is 0.140 e. The van der Waals surface area contributed by atoms with Gasteiger partial charge in [-0.3, -0.25) is 0 Å². The summed E-state index contributed by atoms with van der Waals surface area (Å²) in [5, 5.41) is 17.0. The number of hydrogen-bond donors (Lipinski definition) is 1. The van der Waals surface area contributed by atoms with E-state index in [1.54, 1.807) is 12.3 Å². The highest BCUT2D eigenvalue weighted by molar-refractivity contribution is 5.64. The lowest BCUT2D eigenvalue weighted by Gasteiger charge is -2.06. The van der Waals surface area contributed by atoms with Crippen molar-refractivity contribution in [2.24, 2.45) is 0 Å². The van der Waals surface area contributed by atoms with Gasteiger partial charge in [-0.15, -0.1) is 0 Å². The van der Waals surface area contributed by atoms with Crippen LogP contribution in [0.25, 0.3) is 16.9 Å². The third kappa shape index (κ3) is 3.70. The van der Waals surface area contributed by atoms with E-state index in [1.807, 2.05) is 71.5 Å². The van der Waals surface area contributed by atoms with Crippen LogP contribution in [0.15, 0.2) is 85.2 Å². The number of benzene rings is 2. The van der Waals surface area contributed by atoms with Gasteiger partial charge in [0.05, 0.1) is 23.3 Å². The number of nitriles is 1. The number of rotatable bonds is 5. The molecule has 0 aliphatic rings. The van der Waals surface area contributed by atoms with Crippen LogP contribution in [0, 0.1) is 11.3 Å². The minimum atomic E-state index is 0.405. The molecule has 4 aromatic rings. The molecule has 130 valence electrons. The predicted molar refractivity (Wildman–Crippen MR) is 105 cm³/mol. The number of aromatic nitrogens is 3. The van der Waals surface area contributed by atoms with E-state index in [4.69, 9.17) is 10.4 Å². The van der Waals surface area contributed by atoms with Crippen molar-refractivity contribution in [2.75, 3.05) is 5.32 Å². The average Bonchev–Trinajstić information content (AvgIpc) is 3.18. The molecule has 0 aliphatic heterocycles. The van der Waals surface area contributed by atoms with Crippen LogP contribution in [-0.4, -0.2) is 14.8 Å². The molecule has 5 nitrogen and oxygen atoms in total. The maximum Gasteiger partial charge on any atom is 0.140 e. The SMILES string of the molecule is N#Cc1ccc(NCc2cn(-c3ccccc3)nc2-c2ccccc2)cn1. The Hall–Kier alpha value is -3.91. The van der Waals surface area contributed by atoms with Gasteiger partial charge in [0.25, 0.3) is 0 Å². The predicted octanol–water partition coefficient (Wildman–Crippen LogP) is 4.42. The lowest BCUT2D eigenvalue weighted by atomic mass is 10.1. The third-order valence-electron chi connectivity index (χ3n) is 4.22. The van der Waals surface area contributed by atoms with Crippen molar-refractivity contribution in [3.8, 4) is 23.0 Å². The molecule has 0 bridgehead atoms. The topological polar surface area (TPSA) is 66.5 Å². The van der Waals surface area contributed by atoms with Gasteiger partial charge >= 0.3 is 0 Å². The van der Waals surface area contributed by atoms with Gasteiger partial charge in [0.2, 0.25) is 0 Å². The van der Waals surface area contributed by atoms with Crippen LogP contribution in [-0.2, 0) is 6.54 Å². The van der Waals surface area contributed by atoms with Crippen molar-refractivity contribution in [3.63, 3.8) is 0 Å². The molecule has 0 saturated heterocycles. The minimum absolute atomic E-state index is 0.405. The van der Waals surface area contributed by atoms with Gasteiger partial charge in [0, 0.05) is 23.9 Å². The van der Waals surface area contributed by atoms with Crippen LogP contribution < -0.4 is 5.32 Å². The molecular weight excluding hydrogens is 334 g/mol. The van der Waals surface area contributed by atoms with Crippen molar-refractivity contribution < 1.29 is 0 Å². The first-order valence-corrected chi connectivity index (χ1v) is 8.63. The highest BCUT2D eigenvalue weighted by Gasteiger charge is 2.12. The first-order chi connectivity index (χ1) is 13.3. The van der Waals surface area contributed by atoms with Crippen molar-refractivity contribution in [3.05, 3.63) is 96.4 Å². The first-order valence-electron chi connectivity index (χ1n) is 8.63. The van der Waals surface area contributed by atoms with Crippen LogP contribution in [0.2, 0.25) is 0 Å². The molecule has 2 heterocycles. The molecule has 0 aliphatic carbocycles. The van der Waals surface area contributed by atoms with E-state index in [-0.39, 0.29) is 0 Å². The molecule has 5 heteroatoms. The van der Waals surface area contributed by atoms with Crippen LogP contribution in [0.5, 0.6) is 0 Å². The van der Waals surface area contributed by atoms with Crippen LogP contribution in [0.3, 0.4) is 0 Å². The highest BCUT2D eigenvalue weighted by atomic mass is 15.3.